The zero-order chi connectivity index (χ0) is 21.6. The molecule has 3 aromatic rings. The van der Waals surface area contributed by atoms with Crippen molar-refractivity contribution in [1.82, 2.24) is 9.88 Å². The highest BCUT2D eigenvalue weighted by molar-refractivity contribution is 5.78. The maximum absolute atomic E-state index is 13.6. The number of nitrogens with zero attached hydrogens (tertiary/aromatic N) is 2. The minimum absolute atomic E-state index is 0.0799. The molecule has 0 radical (unpaired) electrons. The van der Waals surface area contributed by atoms with Crippen LogP contribution in [0.15, 0.2) is 73.1 Å². The van der Waals surface area contributed by atoms with E-state index in [2.05, 4.69) is 4.98 Å². The summed E-state index contributed by atoms with van der Waals surface area (Å²) in [6.45, 7) is 0.993. The van der Waals surface area contributed by atoms with Crippen LogP contribution in [-0.4, -0.2) is 29.4 Å². The number of pyridine rings is 1. The summed E-state index contributed by atoms with van der Waals surface area (Å²) in [5, 5.41) is 0. The number of likely N-dealkylation sites (tertiary alicyclic amines) is 1. The first-order chi connectivity index (χ1) is 15.2. The van der Waals surface area contributed by atoms with Gasteiger partial charge >= 0.3 is 0 Å². The second-order valence-corrected chi connectivity index (χ2v) is 7.55. The molecule has 31 heavy (non-hydrogen) atoms. The molecule has 0 spiro atoms. The molecule has 2 atom stereocenters. The molecule has 4 rings (SSSR count). The van der Waals surface area contributed by atoms with Crippen molar-refractivity contribution in [3.8, 4) is 5.75 Å². The largest absolute Gasteiger partial charge is 0.497 e. The molecule has 1 aromatic heterocycles. The molecule has 0 saturated carbocycles. The quantitative estimate of drug-likeness (QED) is 0.523. The summed E-state index contributed by atoms with van der Waals surface area (Å²) in [5.74, 6) is 0.544. The Hall–Kier alpha value is -3.25. The van der Waals surface area contributed by atoms with Crippen molar-refractivity contribution >= 4 is 5.91 Å². The Bertz CT molecular complexity index is 994. The smallest absolute Gasteiger partial charge is 0.223 e. The lowest BCUT2D eigenvalue weighted by molar-refractivity contribution is -0.134. The molecular weight excluding hydrogens is 395 g/mol. The molecule has 1 unspecified atom stereocenters. The molecule has 160 valence electrons. The molecule has 1 aliphatic rings. The molecule has 1 fully saturated rings. The van der Waals surface area contributed by atoms with Gasteiger partial charge in [0.15, 0.2) is 0 Å². The number of amides is 1. The van der Waals surface area contributed by atoms with E-state index in [0.29, 0.717) is 19.6 Å². The van der Waals surface area contributed by atoms with E-state index in [0.717, 1.165) is 28.9 Å². The van der Waals surface area contributed by atoms with Gasteiger partial charge in [-0.3, -0.25) is 9.78 Å². The van der Waals surface area contributed by atoms with Crippen LogP contribution in [0.5, 0.6) is 5.75 Å². The minimum atomic E-state index is -0.455. The van der Waals surface area contributed by atoms with Crippen LogP contribution < -0.4 is 4.74 Å². The first-order valence-corrected chi connectivity index (χ1v) is 10.3. The Morgan fingerprint density at radius 1 is 1.06 bits per heavy atom. The third-order valence-corrected chi connectivity index (χ3v) is 5.55. The van der Waals surface area contributed by atoms with Crippen LogP contribution in [-0.2, 0) is 16.1 Å². The molecule has 2 aromatic carbocycles. The number of benzene rings is 2. The van der Waals surface area contributed by atoms with E-state index < -0.39 is 6.10 Å². The molecule has 0 N–H and O–H groups in total. The number of carbonyl (C=O) groups excluding carboxylic acids is 1. The number of hydrogen-bond acceptors (Lipinski definition) is 4. The van der Waals surface area contributed by atoms with Gasteiger partial charge in [0, 0.05) is 30.9 Å². The van der Waals surface area contributed by atoms with Gasteiger partial charge in [-0.05, 0) is 47.9 Å². The molecule has 6 heteroatoms. The fourth-order valence-corrected chi connectivity index (χ4v) is 3.96. The lowest BCUT2D eigenvalue weighted by Crippen LogP contribution is -2.35. The van der Waals surface area contributed by atoms with Crippen LogP contribution >= 0.6 is 0 Å². The highest BCUT2D eigenvalue weighted by atomic mass is 19.1. The Kier molecular flexibility index (Phi) is 6.57. The van der Waals surface area contributed by atoms with Gasteiger partial charge < -0.3 is 14.4 Å². The van der Waals surface area contributed by atoms with Crippen molar-refractivity contribution in [3.05, 3.63) is 95.6 Å². The normalized spacial score (nSPS) is 15.7. The average molecular weight is 420 g/mol. The monoisotopic (exact) mass is 420 g/mol. The number of ether oxygens (including phenoxy) is 2. The average Bonchev–Trinajstić information content (AvgIpc) is 3.23. The van der Waals surface area contributed by atoms with Crippen molar-refractivity contribution in [2.45, 2.75) is 31.6 Å². The number of rotatable bonds is 8. The van der Waals surface area contributed by atoms with Crippen LogP contribution in [0.4, 0.5) is 4.39 Å². The van der Waals surface area contributed by atoms with Crippen LogP contribution in [0.1, 0.15) is 41.7 Å². The molecule has 1 aliphatic heterocycles. The van der Waals surface area contributed by atoms with Gasteiger partial charge in [-0.2, -0.15) is 0 Å². The van der Waals surface area contributed by atoms with Crippen molar-refractivity contribution in [2.75, 3.05) is 13.7 Å². The summed E-state index contributed by atoms with van der Waals surface area (Å²) in [5.41, 5.74) is 2.69. The van der Waals surface area contributed by atoms with Gasteiger partial charge in [0.1, 0.15) is 17.7 Å². The molecule has 1 saturated heterocycles. The topological polar surface area (TPSA) is 51.7 Å². The highest BCUT2D eigenvalue weighted by Crippen LogP contribution is 2.39. The van der Waals surface area contributed by atoms with E-state index in [1.54, 1.807) is 31.6 Å². The van der Waals surface area contributed by atoms with Gasteiger partial charge in [0.25, 0.3) is 0 Å². The second-order valence-electron chi connectivity index (χ2n) is 7.55. The second kappa shape index (κ2) is 9.71. The van der Waals surface area contributed by atoms with E-state index in [4.69, 9.17) is 9.47 Å². The molecule has 5 nitrogen and oxygen atoms in total. The SMILES string of the molecule is COc1ccc(COC(c2cccnc2)[C@H](c2ccc(F)cc2)N2CCCC2=O)cc1. The van der Waals surface area contributed by atoms with Crippen LogP contribution in [0.2, 0.25) is 0 Å². The zero-order valence-electron chi connectivity index (χ0n) is 17.4. The number of methoxy groups -OCH3 is 1. The number of hydrogen-bond donors (Lipinski definition) is 0. The van der Waals surface area contributed by atoms with Gasteiger partial charge in [-0.25, -0.2) is 4.39 Å². The van der Waals surface area contributed by atoms with Crippen molar-refractivity contribution in [1.29, 1.82) is 0 Å². The summed E-state index contributed by atoms with van der Waals surface area (Å²) < 4.78 is 25.3. The Morgan fingerprint density at radius 3 is 2.45 bits per heavy atom. The van der Waals surface area contributed by atoms with Crippen LogP contribution in [0.3, 0.4) is 0 Å². The van der Waals surface area contributed by atoms with Gasteiger partial charge in [-0.1, -0.05) is 30.3 Å². The Morgan fingerprint density at radius 2 is 1.84 bits per heavy atom. The highest BCUT2D eigenvalue weighted by Gasteiger charge is 2.36. The Balaban J connectivity index is 1.69. The maximum atomic E-state index is 13.6. The fourth-order valence-electron chi connectivity index (χ4n) is 3.96. The van der Waals surface area contributed by atoms with E-state index in [1.807, 2.05) is 41.3 Å². The van der Waals surface area contributed by atoms with Crippen molar-refractivity contribution in [2.24, 2.45) is 0 Å². The summed E-state index contributed by atoms with van der Waals surface area (Å²) in [7, 11) is 1.63. The van der Waals surface area contributed by atoms with Crippen LogP contribution in [0, 0.1) is 5.82 Å². The Labute approximate surface area is 181 Å². The standard InChI is InChI=1S/C25H25FN2O3/c1-30-22-12-6-18(7-13-22)17-31-25(20-4-2-14-27-16-20)24(28-15-3-5-23(28)29)19-8-10-21(26)11-9-19/h2,4,6-14,16,24-25H,3,5,15,17H2,1H3/t24-,25?/m0/s1. The van der Waals surface area contributed by atoms with E-state index >= 15 is 0 Å². The van der Waals surface area contributed by atoms with Gasteiger partial charge in [-0.15, -0.1) is 0 Å². The number of halogens is 1. The molecule has 0 aliphatic carbocycles. The third kappa shape index (κ3) is 4.91. The maximum Gasteiger partial charge on any atom is 0.223 e. The lowest BCUT2D eigenvalue weighted by Gasteiger charge is -2.35. The molecule has 0 bridgehead atoms. The number of carbonyl (C=O) groups is 1. The van der Waals surface area contributed by atoms with Crippen molar-refractivity contribution < 1.29 is 18.7 Å². The summed E-state index contributed by atoms with van der Waals surface area (Å²) >= 11 is 0. The third-order valence-electron chi connectivity index (χ3n) is 5.55. The summed E-state index contributed by atoms with van der Waals surface area (Å²) in [6, 6.07) is 17.4. The fraction of sp³-hybridized carbons (Fsp3) is 0.280. The zero-order valence-corrected chi connectivity index (χ0v) is 17.4. The predicted molar refractivity (Wildman–Crippen MR) is 115 cm³/mol. The number of aromatic nitrogens is 1. The van der Waals surface area contributed by atoms with E-state index in [9.17, 15) is 9.18 Å². The summed E-state index contributed by atoms with van der Waals surface area (Å²) in [6.07, 6.45) is 4.32. The first-order valence-electron chi connectivity index (χ1n) is 10.3. The van der Waals surface area contributed by atoms with Gasteiger partial charge in [0.2, 0.25) is 5.91 Å². The van der Waals surface area contributed by atoms with Crippen molar-refractivity contribution in [3.63, 3.8) is 0 Å². The lowest BCUT2D eigenvalue weighted by atomic mass is 9.95. The van der Waals surface area contributed by atoms with E-state index in [-0.39, 0.29) is 17.8 Å². The predicted octanol–water partition coefficient (Wildman–Crippen LogP) is 4.85. The van der Waals surface area contributed by atoms with E-state index in [1.165, 1.54) is 12.1 Å². The summed E-state index contributed by atoms with van der Waals surface area (Å²) in [4.78, 5) is 18.8. The molecular formula is C25H25FN2O3. The molecule has 2 heterocycles. The molecule has 1 amide bonds. The minimum Gasteiger partial charge on any atom is -0.497 e. The first kappa shape index (κ1) is 21.0. The van der Waals surface area contributed by atoms with Gasteiger partial charge in [0.05, 0.1) is 19.8 Å². The van der Waals surface area contributed by atoms with Crippen LogP contribution in [0.25, 0.3) is 0 Å².